The van der Waals surface area contributed by atoms with Gasteiger partial charge in [-0.05, 0) is 32.1 Å². The molecule has 0 saturated heterocycles. The van der Waals surface area contributed by atoms with E-state index in [0.29, 0.717) is 19.8 Å². The van der Waals surface area contributed by atoms with Crippen molar-refractivity contribution in [3.63, 3.8) is 0 Å². The van der Waals surface area contributed by atoms with Gasteiger partial charge >= 0.3 is 6.18 Å². The zero-order valence-electron chi connectivity index (χ0n) is 9.54. The SMILES string of the molecule is CC(C(F)(F)F)C(F)(F)C1CCCC(CF)C1. The van der Waals surface area contributed by atoms with Crippen LogP contribution in [0.4, 0.5) is 26.3 Å². The first-order valence-corrected chi connectivity index (χ1v) is 5.70. The van der Waals surface area contributed by atoms with Gasteiger partial charge in [-0.1, -0.05) is 6.42 Å². The molecule has 3 unspecified atom stereocenters. The zero-order valence-corrected chi connectivity index (χ0v) is 9.54. The maximum Gasteiger partial charge on any atom is 0.397 e. The van der Waals surface area contributed by atoms with Gasteiger partial charge in [-0.2, -0.15) is 13.2 Å². The molecular weight excluding hydrogens is 246 g/mol. The molecule has 0 spiro atoms. The summed E-state index contributed by atoms with van der Waals surface area (Å²) in [7, 11) is 0. The van der Waals surface area contributed by atoms with Gasteiger partial charge in [0.15, 0.2) is 0 Å². The zero-order chi connectivity index (χ0) is 13.3. The predicted molar refractivity (Wildman–Crippen MR) is 51.6 cm³/mol. The summed E-state index contributed by atoms with van der Waals surface area (Å²) in [6, 6.07) is 0. The quantitative estimate of drug-likeness (QED) is 0.652. The fourth-order valence-electron chi connectivity index (χ4n) is 2.35. The minimum Gasteiger partial charge on any atom is -0.251 e. The van der Waals surface area contributed by atoms with Gasteiger partial charge in [0.1, 0.15) is 5.92 Å². The van der Waals surface area contributed by atoms with Crippen LogP contribution in [0, 0.1) is 17.8 Å². The second-order valence-corrected chi connectivity index (χ2v) is 4.82. The van der Waals surface area contributed by atoms with Crippen molar-refractivity contribution in [1.82, 2.24) is 0 Å². The molecule has 1 fully saturated rings. The first-order chi connectivity index (χ1) is 7.69. The second kappa shape index (κ2) is 5.06. The van der Waals surface area contributed by atoms with Crippen LogP contribution in [0.2, 0.25) is 0 Å². The minimum atomic E-state index is -4.91. The third-order valence-electron chi connectivity index (χ3n) is 3.61. The van der Waals surface area contributed by atoms with E-state index in [4.69, 9.17) is 0 Å². The van der Waals surface area contributed by atoms with E-state index in [1.807, 2.05) is 0 Å². The van der Waals surface area contributed by atoms with Crippen LogP contribution in [0.15, 0.2) is 0 Å². The van der Waals surface area contributed by atoms with Crippen LogP contribution in [0.1, 0.15) is 32.6 Å². The Bertz CT molecular complexity index is 247. The lowest BCUT2D eigenvalue weighted by Gasteiger charge is -2.37. The largest absolute Gasteiger partial charge is 0.397 e. The van der Waals surface area contributed by atoms with E-state index in [0.717, 1.165) is 0 Å². The summed E-state index contributed by atoms with van der Waals surface area (Å²) in [6.07, 6.45) is -4.15. The van der Waals surface area contributed by atoms with Gasteiger partial charge in [0.05, 0.1) is 6.67 Å². The summed E-state index contributed by atoms with van der Waals surface area (Å²) < 4.78 is 76.7. The van der Waals surface area contributed by atoms with Crippen LogP contribution in [-0.2, 0) is 0 Å². The molecule has 102 valence electrons. The van der Waals surface area contributed by atoms with Crippen LogP contribution in [0.5, 0.6) is 0 Å². The van der Waals surface area contributed by atoms with Gasteiger partial charge in [-0.25, -0.2) is 8.78 Å². The monoisotopic (exact) mass is 262 g/mol. The Labute approximate surface area is 96.4 Å². The van der Waals surface area contributed by atoms with Gasteiger partial charge in [0.2, 0.25) is 0 Å². The second-order valence-electron chi connectivity index (χ2n) is 4.82. The van der Waals surface area contributed by atoms with Crippen molar-refractivity contribution in [2.75, 3.05) is 6.67 Å². The average Bonchev–Trinajstić information content (AvgIpc) is 2.27. The summed E-state index contributed by atoms with van der Waals surface area (Å²) in [5, 5.41) is 0. The molecule has 0 aromatic carbocycles. The number of hydrogen-bond donors (Lipinski definition) is 0. The van der Waals surface area contributed by atoms with E-state index in [-0.39, 0.29) is 12.8 Å². The van der Waals surface area contributed by atoms with E-state index in [1.165, 1.54) is 0 Å². The number of hydrogen-bond acceptors (Lipinski definition) is 0. The fourth-order valence-corrected chi connectivity index (χ4v) is 2.35. The molecule has 1 aliphatic carbocycles. The Morgan fingerprint density at radius 1 is 1.12 bits per heavy atom. The fraction of sp³-hybridized carbons (Fsp3) is 1.00. The number of rotatable bonds is 3. The summed E-state index contributed by atoms with van der Waals surface area (Å²) >= 11 is 0. The third kappa shape index (κ3) is 3.28. The third-order valence-corrected chi connectivity index (χ3v) is 3.61. The van der Waals surface area contributed by atoms with Crippen molar-refractivity contribution in [3.05, 3.63) is 0 Å². The minimum absolute atomic E-state index is 0.0456. The first kappa shape index (κ1) is 14.6. The van der Waals surface area contributed by atoms with Crippen molar-refractivity contribution in [1.29, 1.82) is 0 Å². The summed E-state index contributed by atoms with van der Waals surface area (Å²) in [6.45, 7) is -0.230. The van der Waals surface area contributed by atoms with Gasteiger partial charge in [0, 0.05) is 5.92 Å². The van der Waals surface area contributed by atoms with E-state index in [1.54, 1.807) is 0 Å². The molecule has 1 rings (SSSR count). The van der Waals surface area contributed by atoms with Crippen molar-refractivity contribution in [3.8, 4) is 0 Å². The van der Waals surface area contributed by atoms with Crippen molar-refractivity contribution < 1.29 is 26.3 Å². The Morgan fingerprint density at radius 3 is 2.18 bits per heavy atom. The van der Waals surface area contributed by atoms with Crippen LogP contribution in [-0.4, -0.2) is 18.8 Å². The highest BCUT2D eigenvalue weighted by molar-refractivity contribution is 4.89. The molecule has 0 bridgehead atoms. The Hall–Kier alpha value is -0.420. The molecular formula is C11H16F6. The van der Waals surface area contributed by atoms with Gasteiger partial charge in [0.25, 0.3) is 5.92 Å². The van der Waals surface area contributed by atoms with E-state index in [9.17, 15) is 26.3 Å². The molecule has 0 amide bonds. The molecule has 6 heteroatoms. The highest BCUT2D eigenvalue weighted by Gasteiger charge is 2.56. The van der Waals surface area contributed by atoms with Crippen LogP contribution < -0.4 is 0 Å². The van der Waals surface area contributed by atoms with Crippen LogP contribution >= 0.6 is 0 Å². The molecule has 0 radical (unpaired) electrons. The lowest BCUT2D eigenvalue weighted by Crippen LogP contribution is -2.44. The Balaban J connectivity index is 2.75. The first-order valence-electron chi connectivity index (χ1n) is 5.70. The highest BCUT2D eigenvalue weighted by Crippen LogP contribution is 2.47. The molecule has 0 aromatic heterocycles. The maximum atomic E-state index is 13.7. The molecule has 0 aliphatic heterocycles. The molecule has 0 nitrogen and oxygen atoms in total. The van der Waals surface area contributed by atoms with E-state index < -0.39 is 36.5 Å². The maximum absolute atomic E-state index is 13.7. The highest BCUT2D eigenvalue weighted by atomic mass is 19.4. The Morgan fingerprint density at radius 2 is 1.71 bits per heavy atom. The molecule has 17 heavy (non-hydrogen) atoms. The normalized spacial score (nSPS) is 29.1. The van der Waals surface area contributed by atoms with Gasteiger partial charge in [-0.15, -0.1) is 0 Å². The molecule has 3 atom stereocenters. The molecule has 1 aliphatic rings. The summed E-state index contributed by atoms with van der Waals surface area (Å²) in [5.74, 6) is -8.33. The molecule has 0 aromatic rings. The van der Waals surface area contributed by atoms with Crippen LogP contribution in [0.3, 0.4) is 0 Å². The van der Waals surface area contributed by atoms with Crippen molar-refractivity contribution in [2.24, 2.45) is 17.8 Å². The van der Waals surface area contributed by atoms with E-state index >= 15 is 0 Å². The number of alkyl halides is 6. The topological polar surface area (TPSA) is 0 Å². The van der Waals surface area contributed by atoms with E-state index in [2.05, 4.69) is 0 Å². The predicted octanol–water partition coefficient (Wildman–Crippen LogP) is 4.60. The van der Waals surface area contributed by atoms with Gasteiger partial charge in [-0.3, -0.25) is 4.39 Å². The molecule has 0 heterocycles. The molecule has 0 N–H and O–H groups in total. The van der Waals surface area contributed by atoms with Crippen molar-refractivity contribution in [2.45, 2.75) is 44.7 Å². The van der Waals surface area contributed by atoms with Crippen molar-refractivity contribution >= 4 is 0 Å². The molecule has 1 saturated carbocycles. The average molecular weight is 262 g/mol. The summed E-state index contributed by atoms with van der Waals surface area (Å²) in [4.78, 5) is 0. The van der Waals surface area contributed by atoms with Gasteiger partial charge < -0.3 is 0 Å². The lowest BCUT2D eigenvalue weighted by molar-refractivity contribution is -0.252. The summed E-state index contributed by atoms with van der Waals surface area (Å²) in [5.41, 5.74) is 0. The standard InChI is InChI=1S/C11H16F6/c1-7(11(15,16)17)10(13,14)9-4-2-3-8(5-9)6-12/h7-9H,2-6H2,1H3. The lowest BCUT2D eigenvalue weighted by atomic mass is 9.75. The Kier molecular flexibility index (Phi) is 4.36. The van der Waals surface area contributed by atoms with Crippen LogP contribution in [0.25, 0.3) is 0 Å². The number of halogens is 6. The smallest absolute Gasteiger partial charge is 0.251 e.